The minimum Gasteiger partial charge on any atom is -0.336 e. The molecule has 1 unspecified atom stereocenters. The zero-order chi connectivity index (χ0) is 16.8. The van der Waals surface area contributed by atoms with E-state index in [0.29, 0.717) is 0 Å². The maximum Gasteiger partial charge on any atom is 0.0946 e. The van der Waals surface area contributed by atoms with E-state index in [1.54, 1.807) is 0 Å². The standard InChI is InChI=1S/C19H16BrClN2S/c20-18-3-1-2-4-19(18)24-17(13-23-12-11-22-14-23)10-7-15-5-8-16(21)9-6-15/h1-12,14,17H,13H2. The smallest absolute Gasteiger partial charge is 0.0946 e. The molecule has 0 aliphatic rings. The lowest BCUT2D eigenvalue weighted by Gasteiger charge is -2.14. The maximum absolute atomic E-state index is 5.95. The maximum atomic E-state index is 5.95. The van der Waals surface area contributed by atoms with Crippen LogP contribution >= 0.6 is 39.3 Å². The Bertz CT molecular complexity index is 800. The third-order valence-electron chi connectivity index (χ3n) is 3.44. The van der Waals surface area contributed by atoms with Gasteiger partial charge in [-0.05, 0) is 45.8 Å². The number of benzene rings is 2. The Morgan fingerprint density at radius 1 is 1.17 bits per heavy atom. The highest BCUT2D eigenvalue weighted by atomic mass is 79.9. The molecular formula is C19H16BrClN2S. The third kappa shape index (κ3) is 5.00. The Morgan fingerprint density at radius 3 is 2.67 bits per heavy atom. The molecule has 0 aliphatic heterocycles. The highest BCUT2D eigenvalue weighted by molar-refractivity contribution is 9.10. The Hall–Kier alpha value is -1.49. The molecule has 0 amide bonds. The summed E-state index contributed by atoms with van der Waals surface area (Å²) in [5, 5.41) is 1.04. The van der Waals surface area contributed by atoms with Crippen LogP contribution in [-0.2, 0) is 6.54 Å². The molecule has 0 saturated heterocycles. The van der Waals surface area contributed by atoms with Gasteiger partial charge in [-0.3, -0.25) is 0 Å². The summed E-state index contributed by atoms with van der Waals surface area (Å²) in [6.45, 7) is 0.857. The van der Waals surface area contributed by atoms with Crippen LogP contribution in [0.25, 0.3) is 6.08 Å². The van der Waals surface area contributed by atoms with E-state index in [9.17, 15) is 0 Å². The second kappa shape index (κ2) is 8.56. The van der Waals surface area contributed by atoms with Gasteiger partial charge in [0.15, 0.2) is 0 Å². The molecule has 1 atom stereocenters. The molecule has 1 aromatic heterocycles. The number of hydrogen-bond donors (Lipinski definition) is 0. The van der Waals surface area contributed by atoms with Crippen LogP contribution in [0.3, 0.4) is 0 Å². The molecule has 1 heterocycles. The zero-order valence-corrected chi connectivity index (χ0v) is 16.0. The van der Waals surface area contributed by atoms with Crippen LogP contribution in [0.5, 0.6) is 0 Å². The van der Waals surface area contributed by atoms with Crippen molar-refractivity contribution in [2.75, 3.05) is 0 Å². The van der Waals surface area contributed by atoms with E-state index in [2.05, 4.69) is 55.8 Å². The average Bonchev–Trinajstić information content (AvgIpc) is 3.09. The summed E-state index contributed by atoms with van der Waals surface area (Å²) in [6, 6.07) is 16.2. The summed E-state index contributed by atoms with van der Waals surface area (Å²) in [7, 11) is 0. The van der Waals surface area contributed by atoms with E-state index in [-0.39, 0.29) is 5.25 Å². The van der Waals surface area contributed by atoms with Crippen LogP contribution in [-0.4, -0.2) is 14.8 Å². The quantitative estimate of drug-likeness (QED) is 0.444. The van der Waals surface area contributed by atoms with Crippen molar-refractivity contribution in [1.82, 2.24) is 9.55 Å². The van der Waals surface area contributed by atoms with Crippen molar-refractivity contribution in [3.8, 4) is 0 Å². The van der Waals surface area contributed by atoms with Crippen molar-refractivity contribution in [3.05, 3.63) is 88.4 Å². The fourth-order valence-corrected chi connectivity index (χ4v) is 3.99. The highest BCUT2D eigenvalue weighted by Gasteiger charge is 2.10. The predicted octanol–water partition coefficient (Wildman–Crippen LogP) is 6.17. The number of rotatable bonds is 6. The first-order valence-corrected chi connectivity index (χ1v) is 9.56. The van der Waals surface area contributed by atoms with Gasteiger partial charge in [-0.1, -0.05) is 48.0 Å². The Kier molecular flexibility index (Phi) is 6.18. The van der Waals surface area contributed by atoms with Gasteiger partial charge >= 0.3 is 0 Å². The summed E-state index contributed by atoms with van der Waals surface area (Å²) in [5.41, 5.74) is 1.14. The minimum atomic E-state index is 0.286. The van der Waals surface area contributed by atoms with Crippen LogP contribution in [0.2, 0.25) is 5.02 Å². The van der Waals surface area contributed by atoms with Gasteiger partial charge in [0.05, 0.1) is 6.33 Å². The fraction of sp³-hybridized carbons (Fsp3) is 0.105. The molecule has 0 N–H and O–H groups in total. The number of halogens is 2. The molecule has 2 nitrogen and oxygen atoms in total. The molecule has 0 spiro atoms. The first kappa shape index (κ1) is 17.3. The van der Waals surface area contributed by atoms with Gasteiger partial charge < -0.3 is 4.57 Å². The van der Waals surface area contributed by atoms with Crippen molar-refractivity contribution in [1.29, 1.82) is 0 Å². The SMILES string of the molecule is Clc1ccc(C=CC(Cn2ccnc2)Sc2ccccc2Br)cc1. The molecule has 3 rings (SSSR count). The molecule has 2 aromatic carbocycles. The molecular weight excluding hydrogens is 404 g/mol. The molecule has 122 valence electrons. The second-order valence-corrected chi connectivity index (χ2v) is 7.83. The largest absolute Gasteiger partial charge is 0.336 e. The summed E-state index contributed by atoms with van der Waals surface area (Å²) >= 11 is 11.4. The van der Waals surface area contributed by atoms with Crippen LogP contribution in [0.4, 0.5) is 0 Å². The van der Waals surface area contributed by atoms with Crippen LogP contribution in [0, 0.1) is 0 Å². The van der Waals surface area contributed by atoms with Crippen molar-refractivity contribution in [3.63, 3.8) is 0 Å². The first-order chi connectivity index (χ1) is 11.7. The lowest BCUT2D eigenvalue weighted by molar-refractivity contribution is 0.720. The summed E-state index contributed by atoms with van der Waals surface area (Å²) < 4.78 is 3.21. The van der Waals surface area contributed by atoms with Gasteiger partial charge in [-0.25, -0.2) is 4.98 Å². The zero-order valence-electron chi connectivity index (χ0n) is 12.8. The monoisotopic (exact) mass is 418 g/mol. The fourth-order valence-electron chi connectivity index (χ4n) is 2.24. The Balaban J connectivity index is 1.78. The number of hydrogen-bond acceptors (Lipinski definition) is 2. The molecule has 5 heteroatoms. The van der Waals surface area contributed by atoms with Gasteiger partial charge in [-0.2, -0.15) is 0 Å². The van der Waals surface area contributed by atoms with E-state index in [0.717, 1.165) is 21.6 Å². The van der Waals surface area contributed by atoms with Gasteiger partial charge in [0.25, 0.3) is 0 Å². The minimum absolute atomic E-state index is 0.286. The van der Waals surface area contributed by atoms with E-state index in [4.69, 9.17) is 11.6 Å². The molecule has 3 aromatic rings. The molecule has 0 aliphatic carbocycles. The lowest BCUT2D eigenvalue weighted by atomic mass is 10.2. The van der Waals surface area contributed by atoms with Gasteiger partial charge in [0.2, 0.25) is 0 Å². The average molecular weight is 420 g/mol. The third-order valence-corrected chi connectivity index (χ3v) is 5.86. The predicted molar refractivity (Wildman–Crippen MR) is 107 cm³/mol. The van der Waals surface area contributed by atoms with Crippen molar-refractivity contribution in [2.45, 2.75) is 16.7 Å². The van der Waals surface area contributed by atoms with Crippen LogP contribution in [0.1, 0.15) is 5.56 Å². The van der Waals surface area contributed by atoms with Crippen molar-refractivity contribution in [2.24, 2.45) is 0 Å². The van der Waals surface area contributed by atoms with Gasteiger partial charge in [0.1, 0.15) is 0 Å². The summed E-state index contributed by atoms with van der Waals surface area (Å²) in [4.78, 5) is 5.36. The number of aromatic nitrogens is 2. The molecule has 0 fully saturated rings. The Labute approximate surface area is 159 Å². The van der Waals surface area contributed by atoms with E-state index in [1.165, 1.54) is 4.90 Å². The number of nitrogens with zero attached hydrogens (tertiary/aromatic N) is 2. The molecule has 24 heavy (non-hydrogen) atoms. The molecule has 0 radical (unpaired) electrons. The van der Waals surface area contributed by atoms with Gasteiger partial charge in [-0.15, -0.1) is 11.8 Å². The van der Waals surface area contributed by atoms with Crippen LogP contribution < -0.4 is 0 Å². The highest BCUT2D eigenvalue weighted by Crippen LogP contribution is 2.32. The number of imidazole rings is 1. The lowest BCUT2D eigenvalue weighted by Crippen LogP contribution is -2.09. The van der Waals surface area contributed by atoms with Crippen molar-refractivity contribution >= 4 is 45.4 Å². The van der Waals surface area contributed by atoms with Crippen LogP contribution in [0.15, 0.2) is 82.7 Å². The summed E-state index contributed by atoms with van der Waals surface area (Å²) in [5.74, 6) is 0. The topological polar surface area (TPSA) is 17.8 Å². The number of thioether (sulfide) groups is 1. The molecule has 0 saturated carbocycles. The van der Waals surface area contributed by atoms with Gasteiger partial charge in [0, 0.05) is 38.6 Å². The summed E-state index contributed by atoms with van der Waals surface area (Å²) in [6.07, 6.45) is 10.0. The normalized spacial score (nSPS) is 12.6. The van der Waals surface area contributed by atoms with E-state index >= 15 is 0 Å². The second-order valence-electron chi connectivity index (χ2n) is 5.26. The first-order valence-electron chi connectivity index (χ1n) is 7.51. The van der Waals surface area contributed by atoms with Crippen molar-refractivity contribution < 1.29 is 0 Å². The van der Waals surface area contributed by atoms with E-state index < -0.39 is 0 Å². The van der Waals surface area contributed by atoms with E-state index in [1.807, 2.05) is 60.8 Å². The Morgan fingerprint density at radius 2 is 1.96 bits per heavy atom. The molecule has 0 bridgehead atoms.